The van der Waals surface area contributed by atoms with Crippen LogP contribution in [0.5, 0.6) is 0 Å². The lowest BCUT2D eigenvalue weighted by atomic mass is 10.4. The van der Waals surface area contributed by atoms with E-state index in [0.717, 1.165) is 23.0 Å². The second-order valence-corrected chi connectivity index (χ2v) is 5.42. The maximum Gasteiger partial charge on any atom is 0.209 e. The monoisotopic (exact) mass is 252 g/mol. The Hall–Kier alpha value is -1.14. The van der Waals surface area contributed by atoms with Crippen molar-refractivity contribution in [1.29, 1.82) is 0 Å². The number of thiophene rings is 1. The lowest BCUT2D eigenvalue weighted by Crippen LogP contribution is -2.02. The zero-order chi connectivity index (χ0) is 11.4. The zero-order valence-corrected chi connectivity index (χ0v) is 10.6. The Labute approximate surface area is 102 Å². The van der Waals surface area contributed by atoms with Gasteiger partial charge in [-0.05, 0) is 28.8 Å². The second-order valence-electron chi connectivity index (χ2n) is 3.44. The van der Waals surface area contributed by atoms with Crippen LogP contribution >= 0.6 is 23.1 Å². The maximum absolute atomic E-state index is 4.00. The van der Waals surface area contributed by atoms with E-state index in [0.29, 0.717) is 0 Å². The van der Waals surface area contributed by atoms with E-state index in [-0.39, 0.29) is 0 Å². The lowest BCUT2D eigenvalue weighted by Gasteiger charge is -2.02. The van der Waals surface area contributed by atoms with Crippen molar-refractivity contribution in [3.05, 3.63) is 34.5 Å². The number of hydrogen-bond acceptors (Lipinski definition) is 5. The summed E-state index contributed by atoms with van der Waals surface area (Å²) in [5.41, 5.74) is 1.12. The van der Waals surface area contributed by atoms with Crippen LogP contribution < -0.4 is 0 Å². The predicted octanol–water partition coefficient (Wildman–Crippen LogP) is 2.45. The molecule has 2 rings (SSSR count). The highest BCUT2D eigenvalue weighted by molar-refractivity contribution is 7.99. The van der Waals surface area contributed by atoms with Crippen LogP contribution in [0.2, 0.25) is 0 Å². The summed E-state index contributed by atoms with van der Waals surface area (Å²) in [6.07, 6.45) is 0. The minimum Gasteiger partial charge on any atom is -0.215 e. The third kappa shape index (κ3) is 2.93. The summed E-state index contributed by atoms with van der Waals surface area (Å²) in [6, 6.07) is 4.12. The van der Waals surface area contributed by atoms with Crippen LogP contribution in [0, 0.1) is 0 Å². The fourth-order valence-corrected chi connectivity index (χ4v) is 2.54. The van der Waals surface area contributed by atoms with Crippen LogP contribution in [-0.4, -0.2) is 26.0 Å². The zero-order valence-electron chi connectivity index (χ0n) is 8.96. The molecule has 2 aromatic heterocycles. The van der Waals surface area contributed by atoms with Crippen LogP contribution in [-0.2, 0) is 6.54 Å². The van der Waals surface area contributed by atoms with Gasteiger partial charge < -0.3 is 0 Å². The molecule has 2 heterocycles. The van der Waals surface area contributed by atoms with Crippen LogP contribution in [0.15, 0.2) is 34.8 Å². The molecule has 0 saturated heterocycles. The van der Waals surface area contributed by atoms with Crippen molar-refractivity contribution < 1.29 is 0 Å². The average Bonchev–Trinajstić information content (AvgIpc) is 2.87. The molecule has 0 saturated carbocycles. The molecular weight excluding hydrogens is 240 g/mol. The van der Waals surface area contributed by atoms with Gasteiger partial charge in [0.15, 0.2) is 0 Å². The molecule has 0 radical (unpaired) electrons. The molecule has 6 heteroatoms. The Kier molecular flexibility index (Phi) is 3.74. The highest BCUT2D eigenvalue weighted by Gasteiger charge is 2.07. The van der Waals surface area contributed by atoms with Gasteiger partial charge in [-0.2, -0.15) is 0 Å². The van der Waals surface area contributed by atoms with Gasteiger partial charge in [-0.3, -0.25) is 0 Å². The van der Waals surface area contributed by atoms with E-state index in [9.17, 15) is 0 Å². The van der Waals surface area contributed by atoms with Crippen molar-refractivity contribution in [3.8, 4) is 0 Å². The molecule has 0 fully saturated rings. The van der Waals surface area contributed by atoms with Crippen molar-refractivity contribution in [1.82, 2.24) is 20.2 Å². The summed E-state index contributed by atoms with van der Waals surface area (Å²) in [5.74, 6) is 0.852. The molecule has 0 aliphatic rings. The van der Waals surface area contributed by atoms with Gasteiger partial charge in [0.05, 0.1) is 6.54 Å². The topological polar surface area (TPSA) is 43.6 Å². The van der Waals surface area contributed by atoms with Crippen LogP contribution in [0.25, 0.3) is 0 Å². The molecule has 0 aliphatic heterocycles. The molecule has 16 heavy (non-hydrogen) atoms. The van der Waals surface area contributed by atoms with E-state index in [1.54, 1.807) is 23.1 Å². The summed E-state index contributed by atoms with van der Waals surface area (Å²) in [5, 5.41) is 14.6. The predicted molar refractivity (Wildman–Crippen MR) is 66.8 cm³/mol. The van der Waals surface area contributed by atoms with Crippen LogP contribution in [0.4, 0.5) is 0 Å². The normalized spacial score (nSPS) is 10.6. The summed E-state index contributed by atoms with van der Waals surface area (Å²) < 4.78 is 1.82. The van der Waals surface area contributed by atoms with E-state index in [1.165, 1.54) is 4.88 Å². The van der Waals surface area contributed by atoms with E-state index in [1.807, 2.05) is 17.7 Å². The lowest BCUT2D eigenvalue weighted by molar-refractivity contribution is 0.608. The van der Waals surface area contributed by atoms with Gasteiger partial charge in [-0.15, -0.1) is 16.4 Å². The highest BCUT2D eigenvalue weighted by Crippen LogP contribution is 2.18. The Balaban J connectivity index is 2.04. The minimum absolute atomic E-state index is 0.739. The van der Waals surface area contributed by atoms with Gasteiger partial charge >= 0.3 is 0 Å². The second kappa shape index (κ2) is 5.27. The molecule has 2 aromatic rings. The molecule has 0 amide bonds. The number of tetrazole rings is 1. The molecule has 0 aromatic carbocycles. The smallest absolute Gasteiger partial charge is 0.209 e. The number of aromatic nitrogens is 4. The quantitative estimate of drug-likeness (QED) is 0.605. The Bertz CT molecular complexity index is 461. The Morgan fingerprint density at radius 3 is 3.19 bits per heavy atom. The van der Waals surface area contributed by atoms with E-state index in [2.05, 4.69) is 33.6 Å². The number of hydrogen-bond donors (Lipinski definition) is 0. The molecule has 84 valence electrons. The fraction of sp³-hybridized carbons (Fsp3) is 0.300. The average molecular weight is 252 g/mol. The van der Waals surface area contributed by atoms with Crippen molar-refractivity contribution in [2.75, 3.05) is 5.75 Å². The van der Waals surface area contributed by atoms with E-state index < -0.39 is 0 Å². The van der Waals surface area contributed by atoms with E-state index >= 15 is 0 Å². The van der Waals surface area contributed by atoms with Crippen molar-refractivity contribution in [2.24, 2.45) is 0 Å². The van der Waals surface area contributed by atoms with Gasteiger partial charge in [-0.25, -0.2) is 4.68 Å². The van der Waals surface area contributed by atoms with Gasteiger partial charge in [0, 0.05) is 10.6 Å². The summed E-state index contributed by atoms with van der Waals surface area (Å²) >= 11 is 3.33. The van der Waals surface area contributed by atoms with Gasteiger partial charge in [0.25, 0.3) is 0 Å². The maximum atomic E-state index is 4.00. The van der Waals surface area contributed by atoms with Gasteiger partial charge in [-0.1, -0.05) is 30.0 Å². The van der Waals surface area contributed by atoms with Gasteiger partial charge in [0.2, 0.25) is 5.16 Å². The molecular formula is C10H12N4S2. The molecule has 0 spiro atoms. The fourth-order valence-electron chi connectivity index (χ4n) is 1.14. The minimum atomic E-state index is 0.739. The van der Waals surface area contributed by atoms with Crippen molar-refractivity contribution in [3.63, 3.8) is 0 Å². The molecule has 0 bridgehead atoms. The number of nitrogens with zero attached hydrogens (tertiary/aromatic N) is 4. The third-order valence-corrected chi connectivity index (χ3v) is 3.88. The first kappa shape index (κ1) is 11.3. The molecule has 0 atom stereocenters. The van der Waals surface area contributed by atoms with Crippen molar-refractivity contribution >= 4 is 23.1 Å². The molecule has 0 N–H and O–H groups in total. The number of rotatable bonds is 5. The first-order valence-electron chi connectivity index (χ1n) is 4.81. The first-order valence-corrected chi connectivity index (χ1v) is 6.68. The largest absolute Gasteiger partial charge is 0.215 e. The van der Waals surface area contributed by atoms with Crippen LogP contribution in [0.1, 0.15) is 11.8 Å². The highest BCUT2D eigenvalue weighted by atomic mass is 32.2. The molecule has 0 aliphatic carbocycles. The Morgan fingerprint density at radius 1 is 1.62 bits per heavy atom. The molecule has 4 nitrogen and oxygen atoms in total. The third-order valence-electron chi connectivity index (χ3n) is 1.83. The van der Waals surface area contributed by atoms with Gasteiger partial charge in [0.1, 0.15) is 0 Å². The number of thioether (sulfide) groups is 1. The SMILES string of the molecule is C=C(C)CSc1nnnn1Cc1cccs1. The van der Waals surface area contributed by atoms with Crippen molar-refractivity contribution in [2.45, 2.75) is 18.6 Å². The van der Waals surface area contributed by atoms with E-state index in [4.69, 9.17) is 0 Å². The summed E-state index contributed by atoms with van der Waals surface area (Å²) in [6.45, 7) is 6.60. The Morgan fingerprint density at radius 2 is 2.50 bits per heavy atom. The summed E-state index contributed by atoms with van der Waals surface area (Å²) in [4.78, 5) is 1.25. The summed E-state index contributed by atoms with van der Waals surface area (Å²) in [7, 11) is 0. The first-order chi connectivity index (χ1) is 7.75. The standard InChI is InChI=1S/C10H12N4S2/c1-8(2)7-16-10-11-12-13-14(10)6-9-4-3-5-15-9/h3-5H,1,6-7H2,2H3. The van der Waals surface area contributed by atoms with Crippen LogP contribution in [0.3, 0.4) is 0 Å². The molecule has 0 unspecified atom stereocenters.